The van der Waals surface area contributed by atoms with Crippen molar-refractivity contribution in [3.63, 3.8) is 0 Å². The van der Waals surface area contributed by atoms with Gasteiger partial charge in [-0.2, -0.15) is 15.3 Å². The number of nitrogens with one attached hydrogen (secondary N) is 2. The molecule has 5 aliphatic rings. The monoisotopic (exact) mass is 730 g/mol. The van der Waals surface area contributed by atoms with Crippen LogP contribution in [0, 0.1) is 18.8 Å². The van der Waals surface area contributed by atoms with Crippen LogP contribution in [0.3, 0.4) is 0 Å². The van der Waals surface area contributed by atoms with Crippen molar-refractivity contribution in [2.24, 2.45) is 22.0 Å². The number of carbonyl (C=O) groups is 4. The summed E-state index contributed by atoms with van der Waals surface area (Å²) in [6.45, 7) is 7.89. The van der Waals surface area contributed by atoms with E-state index in [1.54, 1.807) is 13.1 Å². The van der Waals surface area contributed by atoms with Crippen LogP contribution in [0.15, 0.2) is 58.4 Å². The lowest BCUT2D eigenvalue weighted by molar-refractivity contribution is -0.135. The first-order chi connectivity index (χ1) is 26.2. The third-order valence-electron chi connectivity index (χ3n) is 12.4. The van der Waals surface area contributed by atoms with Gasteiger partial charge in [0.15, 0.2) is 11.6 Å². The van der Waals surface area contributed by atoms with Crippen molar-refractivity contribution >= 4 is 51.9 Å². The van der Waals surface area contributed by atoms with Gasteiger partial charge in [-0.15, -0.1) is 0 Å². The Morgan fingerprint density at radius 1 is 0.889 bits per heavy atom. The lowest BCUT2D eigenvalue weighted by atomic mass is 9.80. The number of ketones is 2. The van der Waals surface area contributed by atoms with E-state index in [0.29, 0.717) is 76.0 Å². The topological polar surface area (TPSA) is 143 Å². The summed E-state index contributed by atoms with van der Waals surface area (Å²) in [4.78, 5) is 59.3. The van der Waals surface area contributed by atoms with E-state index in [1.165, 1.54) is 0 Å². The zero-order valence-corrected chi connectivity index (χ0v) is 31.4. The number of nitrogens with zero attached hydrogens (tertiary/aromatic N) is 6. The summed E-state index contributed by atoms with van der Waals surface area (Å²) in [7, 11) is 0. The highest BCUT2D eigenvalue weighted by atomic mass is 16.2. The molecule has 3 amide bonds. The quantitative estimate of drug-likeness (QED) is 0.338. The second-order valence-corrected chi connectivity index (χ2v) is 15.9. The molecule has 4 aliphatic heterocycles. The Morgan fingerprint density at radius 2 is 1.61 bits per heavy atom. The molecule has 12 heteroatoms. The van der Waals surface area contributed by atoms with Crippen molar-refractivity contribution < 1.29 is 19.2 Å². The van der Waals surface area contributed by atoms with E-state index < -0.39 is 6.04 Å². The fourth-order valence-corrected chi connectivity index (χ4v) is 9.26. The number of aryl methyl sites for hydroxylation is 1. The van der Waals surface area contributed by atoms with Crippen LogP contribution in [0.25, 0.3) is 17.0 Å². The number of H-pyrrole nitrogens is 1. The van der Waals surface area contributed by atoms with Crippen molar-refractivity contribution in [3.8, 4) is 0 Å². The Balaban J connectivity index is 0.892. The number of rotatable bonds is 8. The molecule has 0 saturated carbocycles. The molecule has 54 heavy (non-hydrogen) atoms. The fraction of sp³-hybridized carbons (Fsp3) is 0.500. The largest absolute Gasteiger partial charge is 0.341 e. The summed E-state index contributed by atoms with van der Waals surface area (Å²) in [6.07, 6.45) is 10.5. The van der Waals surface area contributed by atoms with Crippen LogP contribution in [0.1, 0.15) is 74.1 Å². The predicted molar refractivity (Wildman–Crippen MR) is 208 cm³/mol. The minimum atomic E-state index is -0.709. The van der Waals surface area contributed by atoms with Gasteiger partial charge in [-0.25, -0.2) is 4.79 Å². The van der Waals surface area contributed by atoms with Gasteiger partial charge in [-0.05, 0) is 104 Å². The molecule has 0 unspecified atom stereocenters. The number of hydrogen-bond donors (Lipinski definition) is 2. The van der Waals surface area contributed by atoms with E-state index in [4.69, 9.17) is 0 Å². The number of aromatic amines is 1. The number of Topliss-reactive ketones (excluding diaryl/α,β-unsaturated/α-hetero) is 2. The van der Waals surface area contributed by atoms with E-state index in [1.807, 2.05) is 41.0 Å². The number of likely N-dealkylation sites (tertiary alicyclic amines) is 3. The highest BCUT2D eigenvalue weighted by molar-refractivity contribution is 6.43. The number of aromatic nitrogens is 2. The van der Waals surface area contributed by atoms with Crippen LogP contribution in [0.2, 0.25) is 0 Å². The van der Waals surface area contributed by atoms with Gasteiger partial charge >= 0.3 is 6.03 Å². The van der Waals surface area contributed by atoms with Gasteiger partial charge in [-0.3, -0.25) is 19.5 Å². The van der Waals surface area contributed by atoms with Crippen LogP contribution in [-0.2, 0) is 27.2 Å². The van der Waals surface area contributed by atoms with E-state index in [-0.39, 0.29) is 29.4 Å². The Labute approximate surface area is 316 Å². The number of allylic oxidation sites excluding steroid dienone is 1. The van der Waals surface area contributed by atoms with Gasteiger partial charge in [0.25, 0.3) is 0 Å². The number of carbonyl (C=O) groups excluding carboxylic acids is 4. The maximum atomic E-state index is 14.3. The van der Waals surface area contributed by atoms with Gasteiger partial charge in [0.05, 0.1) is 11.7 Å². The molecule has 2 N–H and O–H groups in total. The van der Waals surface area contributed by atoms with Crippen molar-refractivity contribution in [3.05, 3.63) is 70.4 Å². The molecular formula is C42H50N8O4. The standard InChI is InChI=1S/C42H50N8O4/c1-26-19-28(20-33-25-43-47-40(26)33)21-38(44-42(54)50-15-7-29(8-16-50)35-22-31-5-3-4-6-32(31)23-39(35)52)41(53)49-17-11-34(12-18-49)48-13-9-30(10-14-48)37-24-36(27(2)51)45-46-37/h3-6,19-20,22,25,29-30,34,38H,7-18,21,23-24H2,1-2H3,(H,43,47)(H,44,54)/t38-/m1/s1. The van der Waals surface area contributed by atoms with E-state index in [9.17, 15) is 19.2 Å². The maximum Gasteiger partial charge on any atom is 0.318 e. The molecule has 0 spiro atoms. The third-order valence-corrected chi connectivity index (χ3v) is 12.4. The molecule has 1 aliphatic carbocycles. The number of fused-ring (bicyclic) bond motifs is 2. The van der Waals surface area contributed by atoms with Gasteiger partial charge in [0, 0.05) is 75.4 Å². The van der Waals surface area contributed by atoms with Crippen LogP contribution < -0.4 is 5.32 Å². The van der Waals surface area contributed by atoms with E-state index >= 15 is 0 Å². The maximum absolute atomic E-state index is 14.3. The van der Waals surface area contributed by atoms with E-state index in [2.05, 4.69) is 48.8 Å². The molecule has 5 heterocycles. The van der Waals surface area contributed by atoms with Gasteiger partial charge in [0.2, 0.25) is 5.91 Å². The van der Waals surface area contributed by atoms with Crippen molar-refractivity contribution in [2.75, 3.05) is 39.3 Å². The molecule has 0 bridgehead atoms. The van der Waals surface area contributed by atoms with Crippen LogP contribution >= 0.6 is 0 Å². The molecule has 3 saturated heterocycles. The lowest BCUT2D eigenvalue weighted by Gasteiger charge is -2.42. The van der Waals surface area contributed by atoms with E-state index in [0.717, 1.165) is 83.2 Å². The second kappa shape index (κ2) is 15.4. The number of piperidine rings is 3. The predicted octanol–water partition coefficient (Wildman–Crippen LogP) is 4.91. The fourth-order valence-electron chi connectivity index (χ4n) is 9.26. The average Bonchev–Trinajstić information content (AvgIpc) is 3.89. The van der Waals surface area contributed by atoms with Crippen LogP contribution in [-0.4, -0.2) is 111 Å². The summed E-state index contributed by atoms with van der Waals surface area (Å²) in [6, 6.07) is 11.7. The number of benzene rings is 2. The summed E-state index contributed by atoms with van der Waals surface area (Å²) in [5.74, 6) is 0.625. The zero-order valence-electron chi connectivity index (χ0n) is 31.4. The Hall–Kier alpha value is -4.97. The summed E-state index contributed by atoms with van der Waals surface area (Å²) >= 11 is 0. The minimum absolute atomic E-state index is 0.00165. The Morgan fingerprint density at radius 3 is 2.35 bits per heavy atom. The molecule has 2 aromatic carbocycles. The number of hydrogen-bond acceptors (Lipinski definition) is 8. The lowest BCUT2D eigenvalue weighted by Crippen LogP contribution is -2.56. The summed E-state index contributed by atoms with van der Waals surface area (Å²) in [5.41, 5.74) is 7.67. The van der Waals surface area contributed by atoms with Crippen LogP contribution in [0.4, 0.5) is 4.79 Å². The summed E-state index contributed by atoms with van der Waals surface area (Å²) in [5, 5.41) is 19.9. The highest BCUT2D eigenvalue weighted by Crippen LogP contribution is 2.32. The molecule has 3 aromatic rings. The first kappa shape index (κ1) is 36.0. The molecule has 0 radical (unpaired) electrons. The normalized spacial score (nSPS) is 21.1. The Bertz CT molecular complexity index is 2040. The first-order valence-electron chi connectivity index (χ1n) is 19.7. The molecule has 8 rings (SSSR count). The molecule has 282 valence electrons. The van der Waals surface area contributed by atoms with Gasteiger partial charge < -0.3 is 20.0 Å². The van der Waals surface area contributed by atoms with Gasteiger partial charge in [0.1, 0.15) is 11.8 Å². The van der Waals surface area contributed by atoms with Gasteiger partial charge in [-0.1, -0.05) is 30.3 Å². The zero-order chi connectivity index (χ0) is 37.3. The molecule has 1 atom stereocenters. The molecule has 3 fully saturated rings. The van der Waals surface area contributed by atoms with Crippen molar-refractivity contribution in [1.29, 1.82) is 0 Å². The second-order valence-electron chi connectivity index (χ2n) is 15.9. The molecule has 1 aromatic heterocycles. The van der Waals surface area contributed by atoms with Crippen LogP contribution in [0.5, 0.6) is 0 Å². The first-order valence-corrected chi connectivity index (χ1v) is 19.7. The third kappa shape index (κ3) is 7.53. The smallest absolute Gasteiger partial charge is 0.318 e. The van der Waals surface area contributed by atoms with Crippen molar-refractivity contribution in [1.82, 2.24) is 30.2 Å². The average molecular weight is 731 g/mol. The molecule has 12 nitrogen and oxygen atoms in total. The molecular weight excluding hydrogens is 681 g/mol. The SMILES string of the molecule is CC(=O)C1=NN=C(C2CCN(C3CCN(C(=O)[C@@H](Cc4cc(C)c5[nH]ncc5c4)NC(=O)N4CCC(C5=Cc6ccccc6CC5=O)CC4)CC3)CC2)C1. The Kier molecular flexibility index (Phi) is 10.3. The number of amides is 3. The summed E-state index contributed by atoms with van der Waals surface area (Å²) < 4.78 is 0. The van der Waals surface area contributed by atoms with Crippen molar-refractivity contribution in [2.45, 2.75) is 83.7 Å². The highest BCUT2D eigenvalue weighted by Gasteiger charge is 2.36. The minimum Gasteiger partial charge on any atom is -0.341 e. The number of urea groups is 1.